The van der Waals surface area contributed by atoms with E-state index >= 15 is 0 Å². The second kappa shape index (κ2) is 6.17. The Kier molecular flexibility index (Phi) is 4.15. The van der Waals surface area contributed by atoms with E-state index in [4.69, 9.17) is 5.73 Å². The number of benzene rings is 1. The maximum absolute atomic E-state index is 13.2. The van der Waals surface area contributed by atoms with Crippen molar-refractivity contribution in [1.29, 1.82) is 0 Å². The monoisotopic (exact) mass is 328 g/mol. The van der Waals surface area contributed by atoms with Crippen LogP contribution in [0.5, 0.6) is 0 Å². The molecule has 5 unspecified atom stereocenters. The zero-order chi connectivity index (χ0) is 16.8. The van der Waals surface area contributed by atoms with E-state index in [2.05, 4.69) is 24.3 Å². The predicted molar refractivity (Wildman–Crippen MR) is 91.8 cm³/mol. The van der Waals surface area contributed by atoms with Crippen LogP contribution in [0.4, 0.5) is 0 Å². The molecular weight excluding hydrogens is 303 g/mol. The summed E-state index contributed by atoms with van der Waals surface area (Å²) in [6, 6.07) is 10.3. The average Bonchev–Trinajstić information content (AvgIpc) is 3.29. The summed E-state index contributed by atoms with van der Waals surface area (Å²) in [6.07, 6.45) is 3.55. The van der Waals surface area contributed by atoms with Crippen molar-refractivity contribution in [1.82, 2.24) is 4.90 Å². The minimum Gasteiger partial charge on any atom is -0.426 e. The maximum atomic E-state index is 13.2. The summed E-state index contributed by atoms with van der Waals surface area (Å²) in [6.45, 7) is 0.609. The molecule has 0 aromatic heterocycles. The first kappa shape index (κ1) is 16.1. The number of likely N-dealkylation sites (tertiary alicyclic amines) is 1. The van der Waals surface area contributed by atoms with Gasteiger partial charge < -0.3 is 20.7 Å². The van der Waals surface area contributed by atoms with E-state index in [1.807, 2.05) is 6.07 Å². The van der Waals surface area contributed by atoms with Crippen LogP contribution in [-0.2, 0) is 4.79 Å². The van der Waals surface area contributed by atoms with Gasteiger partial charge in [0, 0.05) is 12.6 Å². The van der Waals surface area contributed by atoms with Gasteiger partial charge in [-0.05, 0) is 49.0 Å². The summed E-state index contributed by atoms with van der Waals surface area (Å²) in [5.74, 6) is 0.440. The highest BCUT2D eigenvalue weighted by Gasteiger charge is 2.56. The summed E-state index contributed by atoms with van der Waals surface area (Å²) < 4.78 is 0. The third kappa shape index (κ3) is 2.48. The Morgan fingerprint density at radius 1 is 1.21 bits per heavy atom. The topological polar surface area (TPSA) is 86.8 Å². The first-order valence-electron chi connectivity index (χ1n) is 9.05. The fraction of sp³-hybridized carbons (Fsp3) is 0.611. The van der Waals surface area contributed by atoms with Gasteiger partial charge in [0.1, 0.15) is 0 Å². The summed E-state index contributed by atoms with van der Waals surface area (Å²) in [4.78, 5) is 14.8. The number of carbonyl (C=O) groups excluding carboxylic acids is 1. The van der Waals surface area contributed by atoms with Gasteiger partial charge in [0.15, 0.2) is 0 Å². The Bertz CT molecular complexity index is 612. The van der Waals surface area contributed by atoms with E-state index < -0.39 is 13.1 Å². The molecule has 4 N–H and O–H groups in total. The van der Waals surface area contributed by atoms with Crippen LogP contribution in [0.2, 0.25) is 0 Å². The van der Waals surface area contributed by atoms with Gasteiger partial charge in [-0.3, -0.25) is 4.79 Å². The molecule has 0 radical (unpaired) electrons. The number of rotatable bonds is 3. The lowest BCUT2D eigenvalue weighted by Gasteiger charge is -2.37. The molecule has 1 amide bonds. The normalized spacial score (nSPS) is 37.9. The van der Waals surface area contributed by atoms with Crippen LogP contribution >= 0.6 is 0 Å². The molecule has 0 spiro atoms. The van der Waals surface area contributed by atoms with Crippen LogP contribution in [0.15, 0.2) is 30.3 Å². The van der Waals surface area contributed by atoms with Gasteiger partial charge in [0.2, 0.25) is 5.91 Å². The SMILES string of the molecule is NC1C2CC(c3ccccc3)C(C2)C1C(=O)N1CCC[C@@H]1B(O)O. The molecule has 1 aliphatic heterocycles. The molecule has 1 aromatic carbocycles. The van der Waals surface area contributed by atoms with E-state index in [1.54, 1.807) is 4.90 Å². The van der Waals surface area contributed by atoms with Gasteiger partial charge in [-0.2, -0.15) is 0 Å². The lowest BCUT2D eigenvalue weighted by molar-refractivity contribution is -0.138. The molecule has 3 aliphatic rings. The van der Waals surface area contributed by atoms with Crippen LogP contribution in [0, 0.1) is 17.8 Å². The van der Waals surface area contributed by atoms with Crippen molar-refractivity contribution in [3.05, 3.63) is 35.9 Å². The fourth-order valence-corrected chi connectivity index (χ4v) is 5.40. The number of nitrogens with two attached hydrogens (primary N) is 1. The zero-order valence-corrected chi connectivity index (χ0v) is 13.8. The molecule has 6 atom stereocenters. The van der Waals surface area contributed by atoms with Crippen molar-refractivity contribution in [2.24, 2.45) is 23.5 Å². The van der Waals surface area contributed by atoms with Crippen molar-refractivity contribution >= 4 is 13.0 Å². The van der Waals surface area contributed by atoms with Gasteiger partial charge in [0.05, 0.1) is 11.9 Å². The van der Waals surface area contributed by atoms with E-state index in [1.165, 1.54) is 5.56 Å². The molecule has 6 heteroatoms. The van der Waals surface area contributed by atoms with E-state index in [0.29, 0.717) is 24.8 Å². The molecule has 4 rings (SSSR count). The summed E-state index contributed by atoms with van der Waals surface area (Å²) in [5, 5.41) is 19.1. The van der Waals surface area contributed by atoms with Gasteiger partial charge in [-0.25, -0.2) is 0 Å². The Hall–Kier alpha value is -1.37. The van der Waals surface area contributed by atoms with Gasteiger partial charge >= 0.3 is 7.12 Å². The van der Waals surface area contributed by atoms with Gasteiger partial charge in [-0.15, -0.1) is 0 Å². The third-order valence-electron chi connectivity index (χ3n) is 6.51. The Morgan fingerprint density at radius 2 is 1.96 bits per heavy atom. The molecule has 1 saturated heterocycles. The maximum Gasteiger partial charge on any atom is 0.475 e. The summed E-state index contributed by atoms with van der Waals surface area (Å²) in [7, 11) is -1.46. The molecule has 1 aromatic rings. The number of nitrogens with zero attached hydrogens (tertiary/aromatic N) is 1. The minimum absolute atomic E-state index is 0.0335. The van der Waals surface area contributed by atoms with Crippen molar-refractivity contribution in [2.75, 3.05) is 6.54 Å². The molecular formula is C18H25BN2O3. The van der Waals surface area contributed by atoms with Crippen molar-refractivity contribution in [3.63, 3.8) is 0 Å². The summed E-state index contributed by atoms with van der Waals surface area (Å²) >= 11 is 0. The van der Waals surface area contributed by atoms with Crippen LogP contribution in [-0.4, -0.2) is 46.5 Å². The van der Waals surface area contributed by atoms with Crippen LogP contribution in [0.3, 0.4) is 0 Å². The largest absolute Gasteiger partial charge is 0.475 e. The highest BCUT2D eigenvalue weighted by Crippen LogP contribution is 2.55. The number of hydrogen-bond donors (Lipinski definition) is 3. The van der Waals surface area contributed by atoms with E-state index in [-0.39, 0.29) is 23.8 Å². The van der Waals surface area contributed by atoms with E-state index in [9.17, 15) is 14.8 Å². The van der Waals surface area contributed by atoms with Crippen molar-refractivity contribution in [2.45, 2.75) is 43.6 Å². The van der Waals surface area contributed by atoms with E-state index in [0.717, 1.165) is 19.3 Å². The summed E-state index contributed by atoms with van der Waals surface area (Å²) in [5.41, 5.74) is 7.72. The first-order chi connectivity index (χ1) is 11.6. The zero-order valence-electron chi connectivity index (χ0n) is 13.8. The molecule has 5 nitrogen and oxygen atoms in total. The Morgan fingerprint density at radius 3 is 2.62 bits per heavy atom. The smallest absolute Gasteiger partial charge is 0.426 e. The lowest BCUT2D eigenvalue weighted by Crippen LogP contribution is -2.53. The first-order valence-corrected chi connectivity index (χ1v) is 9.05. The molecule has 2 aliphatic carbocycles. The highest BCUT2D eigenvalue weighted by molar-refractivity contribution is 6.43. The second-order valence-electron chi connectivity index (χ2n) is 7.67. The standard InChI is InChI=1S/C18H25BN2O3/c20-17-12-9-13(11-5-2-1-3-6-11)14(10-12)16(17)18(22)21-8-4-7-15(21)19(23)24/h1-3,5-6,12-17,23-24H,4,7-10,20H2/t12?,13?,14?,15-,16?,17?/m1/s1. The Labute approximate surface area is 143 Å². The molecule has 2 bridgehead atoms. The second-order valence-corrected chi connectivity index (χ2v) is 7.67. The number of fused-ring (bicyclic) bond motifs is 2. The van der Waals surface area contributed by atoms with Crippen molar-refractivity contribution < 1.29 is 14.8 Å². The third-order valence-corrected chi connectivity index (χ3v) is 6.51. The lowest BCUT2D eigenvalue weighted by atomic mass is 9.73. The van der Waals surface area contributed by atoms with Crippen LogP contribution in [0.25, 0.3) is 0 Å². The number of hydrogen-bond acceptors (Lipinski definition) is 4. The van der Waals surface area contributed by atoms with Gasteiger partial charge in [-0.1, -0.05) is 30.3 Å². The predicted octanol–water partition coefficient (Wildman–Crippen LogP) is 0.756. The van der Waals surface area contributed by atoms with Crippen molar-refractivity contribution in [3.8, 4) is 0 Å². The molecule has 1 heterocycles. The van der Waals surface area contributed by atoms with Gasteiger partial charge in [0.25, 0.3) is 0 Å². The number of carbonyl (C=O) groups is 1. The Balaban J connectivity index is 1.57. The fourth-order valence-electron chi connectivity index (χ4n) is 5.40. The minimum atomic E-state index is -1.46. The molecule has 128 valence electrons. The quantitative estimate of drug-likeness (QED) is 0.715. The molecule has 24 heavy (non-hydrogen) atoms. The number of amides is 1. The average molecular weight is 328 g/mol. The van der Waals surface area contributed by atoms with Crippen LogP contribution < -0.4 is 5.73 Å². The molecule has 2 saturated carbocycles. The highest BCUT2D eigenvalue weighted by atomic mass is 16.4. The molecule has 3 fully saturated rings. The van der Waals surface area contributed by atoms with Crippen LogP contribution in [0.1, 0.15) is 37.2 Å².